The minimum Gasteiger partial charge on any atom is -0.497 e. The monoisotopic (exact) mass is 661 g/mol. The number of ketones is 1. The molecule has 2 fully saturated rings. The number of carbonyl (C=O) groups is 3. The second kappa shape index (κ2) is 12.8. The molecule has 2 bridgehead atoms. The van der Waals surface area contributed by atoms with Crippen molar-refractivity contribution in [2.75, 3.05) is 13.7 Å². The number of aromatic nitrogens is 1. The SMILES string of the molecule is COc1ccc2c(F)c3c(nc2c1)O[C@H]1CN(C(=O)[C@H](C(C)(C)C)NC(=O)O[C@]2(C)CCC[C@H]2CCCCC3(F)F)[C@H](C(C)=O)C1C. The number of nitrogens with one attached hydrogen (secondary N) is 1. The predicted octanol–water partition coefficient (Wildman–Crippen LogP) is 6.93. The van der Waals surface area contributed by atoms with E-state index in [1.54, 1.807) is 27.7 Å². The minimum atomic E-state index is -3.64. The van der Waals surface area contributed by atoms with Crippen molar-refractivity contribution in [3.05, 3.63) is 29.6 Å². The van der Waals surface area contributed by atoms with Crippen molar-refractivity contribution < 1.29 is 41.8 Å². The Labute approximate surface area is 273 Å². The number of pyridine rings is 1. The number of benzene rings is 1. The largest absolute Gasteiger partial charge is 0.497 e. The molecule has 0 radical (unpaired) electrons. The summed E-state index contributed by atoms with van der Waals surface area (Å²) in [6.07, 6.45) is 0.837. The molecule has 1 aromatic heterocycles. The molecule has 1 aliphatic carbocycles. The molecule has 1 N–H and O–H groups in total. The van der Waals surface area contributed by atoms with Crippen LogP contribution in [0.3, 0.4) is 0 Å². The first-order chi connectivity index (χ1) is 22.0. The Bertz CT molecular complexity index is 1540. The highest BCUT2D eigenvalue weighted by atomic mass is 19.3. The summed E-state index contributed by atoms with van der Waals surface area (Å²) in [7, 11) is 1.43. The van der Waals surface area contributed by atoms with E-state index in [9.17, 15) is 14.4 Å². The summed E-state index contributed by atoms with van der Waals surface area (Å²) < 4.78 is 65.9. The van der Waals surface area contributed by atoms with E-state index in [1.165, 1.54) is 37.1 Å². The lowest BCUT2D eigenvalue weighted by Crippen LogP contribution is -2.58. The van der Waals surface area contributed by atoms with Gasteiger partial charge in [-0.25, -0.2) is 22.9 Å². The summed E-state index contributed by atoms with van der Waals surface area (Å²) in [5.41, 5.74) is -2.50. The lowest BCUT2D eigenvalue weighted by atomic mass is 9.85. The van der Waals surface area contributed by atoms with Crippen LogP contribution < -0.4 is 14.8 Å². The van der Waals surface area contributed by atoms with E-state index in [4.69, 9.17) is 14.2 Å². The van der Waals surface area contributed by atoms with Gasteiger partial charge in [-0.05, 0) is 69.4 Å². The predicted molar refractivity (Wildman–Crippen MR) is 169 cm³/mol. The Morgan fingerprint density at radius 1 is 1.13 bits per heavy atom. The summed E-state index contributed by atoms with van der Waals surface area (Å²) in [5, 5.41) is 2.69. The lowest BCUT2D eigenvalue weighted by Gasteiger charge is -2.37. The van der Waals surface area contributed by atoms with Gasteiger partial charge in [0.05, 0.1) is 25.2 Å². The number of methoxy groups -OCH3 is 1. The number of carbonyl (C=O) groups excluding carboxylic acids is 3. The summed E-state index contributed by atoms with van der Waals surface area (Å²) in [6.45, 7) is 10.1. The van der Waals surface area contributed by atoms with Gasteiger partial charge in [-0.3, -0.25) is 9.59 Å². The molecular weight excluding hydrogens is 615 g/mol. The fourth-order valence-corrected chi connectivity index (χ4v) is 7.61. The first-order valence-electron chi connectivity index (χ1n) is 16.5. The third kappa shape index (κ3) is 6.74. The third-order valence-corrected chi connectivity index (χ3v) is 10.3. The number of rotatable bonds is 2. The minimum absolute atomic E-state index is 0.0660. The molecule has 9 nitrogen and oxygen atoms in total. The molecule has 3 aliphatic rings. The standard InChI is InChI=1S/C35H46F3N3O6/c1-19-25-18-41(28(19)20(2)42)31(43)29(33(3,4)5)40-32(44)47-34(6)15-10-12-21(34)11-8-9-16-35(37,38)26-27(36)23-14-13-22(45-7)17-24(23)39-30(26)46-25/h13-14,17,19,21,25,28-29H,8-12,15-16,18H2,1-7H3,(H,40,44)/t19?,21-,25+,28+,29-,34-/m1/s1. The molecule has 1 saturated heterocycles. The zero-order chi connectivity index (χ0) is 34.5. The molecule has 47 heavy (non-hydrogen) atoms. The van der Waals surface area contributed by atoms with Gasteiger partial charge < -0.3 is 24.4 Å². The fourth-order valence-electron chi connectivity index (χ4n) is 7.61. The van der Waals surface area contributed by atoms with E-state index >= 15 is 13.2 Å². The molecule has 1 saturated carbocycles. The highest BCUT2D eigenvalue weighted by Crippen LogP contribution is 2.46. The molecule has 3 heterocycles. The number of hydrogen-bond donors (Lipinski definition) is 1. The van der Waals surface area contributed by atoms with Crippen LogP contribution in [0.1, 0.15) is 92.1 Å². The smallest absolute Gasteiger partial charge is 0.408 e. The second-order valence-corrected chi connectivity index (χ2v) is 14.7. The first-order valence-corrected chi connectivity index (χ1v) is 16.5. The van der Waals surface area contributed by atoms with Crippen LogP contribution in [-0.4, -0.2) is 65.1 Å². The summed E-state index contributed by atoms with van der Waals surface area (Å²) in [5.74, 6) is -6.62. The number of Topliss-reactive ketones (excluding diaryl/α,β-unsaturated/α-hetero) is 1. The topological polar surface area (TPSA) is 107 Å². The van der Waals surface area contributed by atoms with Gasteiger partial charge in [-0.1, -0.05) is 34.1 Å². The van der Waals surface area contributed by atoms with Crippen LogP contribution in [0.2, 0.25) is 0 Å². The highest BCUT2D eigenvalue weighted by Gasteiger charge is 2.51. The average Bonchev–Trinajstić information content (AvgIpc) is 3.50. The lowest BCUT2D eigenvalue weighted by molar-refractivity contribution is -0.141. The van der Waals surface area contributed by atoms with Crippen LogP contribution in [0, 0.1) is 23.1 Å². The molecule has 5 rings (SSSR count). The summed E-state index contributed by atoms with van der Waals surface area (Å²) in [6, 6.07) is 2.21. The normalized spacial score (nSPS) is 30.3. The van der Waals surface area contributed by atoms with E-state index in [1.807, 2.05) is 6.92 Å². The maximum absolute atomic E-state index is 16.2. The third-order valence-electron chi connectivity index (χ3n) is 10.3. The van der Waals surface area contributed by atoms with E-state index in [0.717, 1.165) is 12.8 Å². The van der Waals surface area contributed by atoms with Gasteiger partial charge in [0.2, 0.25) is 11.8 Å². The highest BCUT2D eigenvalue weighted by molar-refractivity contribution is 5.92. The summed E-state index contributed by atoms with van der Waals surface area (Å²) >= 11 is 0. The van der Waals surface area contributed by atoms with Gasteiger partial charge in [-0.15, -0.1) is 0 Å². The number of alkyl carbamates (subject to hydrolysis) is 1. The quantitative estimate of drug-likeness (QED) is 0.372. The molecule has 12 heteroatoms. The van der Waals surface area contributed by atoms with Crippen LogP contribution in [0.25, 0.3) is 10.9 Å². The molecule has 1 aromatic carbocycles. The van der Waals surface area contributed by atoms with Crippen molar-refractivity contribution in [2.24, 2.45) is 17.3 Å². The van der Waals surface area contributed by atoms with Crippen molar-refractivity contribution >= 4 is 28.7 Å². The Hall–Kier alpha value is -3.57. The molecule has 2 amide bonds. The van der Waals surface area contributed by atoms with Crippen LogP contribution in [0.4, 0.5) is 18.0 Å². The Kier molecular flexibility index (Phi) is 9.47. The molecular formula is C35H46F3N3O6. The van der Waals surface area contributed by atoms with Crippen molar-refractivity contribution in [2.45, 2.75) is 116 Å². The van der Waals surface area contributed by atoms with E-state index < -0.39 is 76.7 Å². The molecule has 0 spiro atoms. The van der Waals surface area contributed by atoms with Crippen LogP contribution in [0.15, 0.2) is 18.2 Å². The molecule has 1 unspecified atom stereocenters. The Morgan fingerprint density at radius 3 is 2.49 bits per heavy atom. The number of alkyl halides is 2. The van der Waals surface area contributed by atoms with Crippen molar-refractivity contribution in [1.82, 2.24) is 15.2 Å². The number of nitrogens with zero attached hydrogens (tertiary/aromatic N) is 2. The second-order valence-electron chi connectivity index (χ2n) is 14.7. The van der Waals surface area contributed by atoms with E-state index in [-0.39, 0.29) is 35.6 Å². The Morgan fingerprint density at radius 2 is 1.83 bits per heavy atom. The molecule has 258 valence electrons. The molecule has 2 aliphatic heterocycles. The van der Waals surface area contributed by atoms with Crippen molar-refractivity contribution in [1.29, 1.82) is 0 Å². The van der Waals surface area contributed by atoms with E-state index in [0.29, 0.717) is 25.0 Å². The van der Waals surface area contributed by atoms with Crippen molar-refractivity contribution in [3.8, 4) is 11.6 Å². The zero-order valence-corrected chi connectivity index (χ0v) is 28.3. The van der Waals surface area contributed by atoms with Crippen LogP contribution in [-0.2, 0) is 20.2 Å². The molecule has 6 atom stereocenters. The van der Waals surface area contributed by atoms with Gasteiger partial charge in [-0.2, -0.15) is 0 Å². The van der Waals surface area contributed by atoms with Gasteiger partial charge in [0.1, 0.15) is 34.9 Å². The van der Waals surface area contributed by atoms with Crippen LogP contribution >= 0.6 is 0 Å². The fraction of sp³-hybridized carbons (Fsp3) is 0.657. The maximum Gasteiger partial charge on any atom is 0.408 e. The number of ether oxygens (including phenoxy) is 3. The Balaban J connectivity index is 1.63. The van der Waals surface area contributed by atoms with Gasteiger partial charge in [0.15, 0.2) is 5.78 Å². The zero-order valence-electron chi connectivity index (χ0n) is 28.3. The van der Waals surface area contributed by atoms with Crippen molar-refractivity contribution in [3.63, 3.8) is 0 Å². The van der Waals surface area contributed by atoms with E-state index in [2.05, 4.69) is 10.3 Å². The maximum atomic E-state index is 16.2. The molecule has 2 aromatic rings. The number of hydrogen-bond acceptors (Lipinski definition) is 7. The van der Waals surface area contributed by atoms with Gasteiger partial charge in [0.25, 0.3) is 5.92 Å². The first kappa shape index (κ1) is 34.8. The number of halogens is 3. The summed E-state index contributed by atoms with van der Waals surface area (Å²) in [4.78, 5) is 46.3. The van der Waals surface area contributed by atoms with Crippen LogP contribution in [0.5, 0.6) is 11.6 Å². The number of amides is 2. The van der Waals surface area contributed by atoms with Gasteiger partial charge in [0, 0.05) is 23.8 Å². The average molecular weight is 662 g/mol. The van der Waals surface area contributed by atoms with Gasteiger partial charge >= 0.3 is 6.09 Å². The number of fused-ring (bicyclic) bond motifs is 5.